The van der Waals surface area contributed by atoms with E-state index >= 15 is 0 Å². The van der Waals surface area contributed by atoms with Gasteiger partial charge in [-0.1, -0.05) is 23.8 Å². The molecule has 2 aromatic rings. The fraction of sp³-hybridized carbons (Fsp3) is 0.455. The number of nitrogens with zero attached hydrogens (tertiary/aromatic N) is 1. The molecule has 31 heavy (non-hydrogen) atoms. The van der Waals surface area contributed by atoms with Crippen LogP contribution in [-0.4, -0.2) is 56.2 Å². The van der Waals surface area contributed by atoms with Crippen molar-refractivity contribution in [2.75, 3.05) is 45.8 Å². The van der Waals surface area contributed by atoms with E-state index in [-0.39, 0.29) is 17.5 Å². The van der Waals surface area contributed by atoms with Crippen LogP contribution in [0.15, 0.2) is 41.3 Å². The number of sulfonamides is 1. The summed E-state index contributed by atoms with van der Waals surface area (Å²) in [6.45, 7) is 2.66. The fourth-order valence-electron chi connectivity index (χ4n) is 3.77. The summed E-state index contributed by atoms with van der Waals surface area (Å²) in [5.74, 6) is 0.856. The Kier molecular flexibility index (Phi) is 7.42. The van der Waals surface area contributed by atoms with Gasteiger partial charge < -0.3 is 24.3 Å². The number of benzene rings is 2. The van der Waals surface area contributed by atoms with E-state index in [0.29, 0.717) is 30.2 Å². The third-order valence-electron chi connectivity index (χ3n) is 5.46. The predicted octanol–water partition coefficient (Wildman–Crippen LogP) is 2.86. The normalized spacial score (nSPS) is 16.3. The van der Waals surface area contributed by atoms with Crippen molar-refractivity contribution in [1.82, 2.24) is 5.32 Å². The molecule has 170 valence electrons. The molecule has 1 aliphatic rings. The van der Waals surface area contributed by atoms with Crippen LogP contribution in [0.4, 0.5) is 5.69 Å². The first-order valence-electron chi connectivity index (χ1n) is 10.0. The van der Waals surface area contributed by atoms with E-state index in [2.05, 4.69) is 5.32 Å². The molecule has 0 aliphatic carbocycles. The van der Waals surface area contributed by atoms with Crippen LogP contribution >= 0.6 is 0 Å². The van der Waals surface area contributed by atoms with Gasteiger partial charge in [-0.25, -0.2) is 8.42 Å². The number of aryl methyl sites for hydroxylation is 1. The summed E-state index contributed by atoms with van der Waals surface area (Å²) in [6.07, 6.45) is 0.172. The molecule has 0 aromatic heterocycles. The van der Waals surface area contributed by atoms with Crippen LogP contribution in [0.3, 0.4) is 0 Å². The molecule has 3 rings (SSSR count). The second kappa shape index (κ2) is 9.86. The molecule has 9 heteroatoms. The van der Waals surface area contributed by atoms with E-state index < -0.39 is 16.3 Å². The first-order chi connectivity index (χ1) is 14.9. The second-order valence-electron chi connectivity index (χ2n) is 7.28. The molecule has 0 spiro atoms. The van der Waals surface area contributed by atoms with Gasteiger partial charge in [-0.05, 0) is 37.1 Å². The van der Waals surface area contributed by atoms with Gasteiger partial charge in [-0.2, -0.15) is 0 Å². The van der Waals surface area contributed by atoms with E-state index in [1.165, 1.54) is 18.5 Å². The lowest BCUT2D eigenvalue weighted by molar-refractivity contribution is -0.1000. The highest BCUT2D eigenvalue weighted by molar-refractivity contribution is 7.92. The summed E-state index contributed by atoms with van der Waals surface area (Å²) in [4.78, 5) is 0.235. The smallest absolute Gasteiger partial charge is 0.264 e. The maximum absolute atomic E-state index is 13.6. The Balaban J connectivity index is 2.07. The van der Waals surface area contributed by atoms with E-state index in [0.717, 1.165) is 11.1 Å². The molecule has 1 aliphatic heterocycles. The van der Waals surface area contributed by atoms with E-state index in [9.17, 15) is 8.42 Å². The minimum absolute atomic E-state index is 0.105. The lowest BCUT2D eigenvalue weighted by Gasteiger charge is -2.37. The van der Waals surface area contributed by atoms with Crippen molar-refractivity contribution in [3.63, 3.8) is 0 Å². The Hall–Kier alpha value is -2.33. The standard InChI is InChI=1S/C22H30N2O6S/c1-15-6-8-16(9-7-15)31(25,26)24-13-12-18(23-14-20(28-3)29-4)17-10-11-19(27-2)22(30-5)21(17)24/h6-11,18,20,23H,12-14H2,1-5H3. The number of rotatable bonds is 9. The van der Waals surface area contributed by atoms with Gasteiger partial charge in [-0.15, -0.1) is 0 Å². The van der Waals surface area contributed by atoms with Crippen LogP contribution in [-0.2, 0) is 19.5 Å². The predicted molar refractivity (Wildman–Crippen MR) is 118 cm³/mol. The third-order valence-corrected chi connectivity index (χ3v) is 7.28. The Morgan fingerprint density at radius 3 is 2.29 bits per heavy atom. The molecule has 1 atom stereocenters. The van der Waals surface area contributed by atoms with Gasteiger partial charge in [0.15, 0.2) is 17.8 Å². The highest BCUT2D eigenvalue weighted by Gasteiger charge is 2.37. The SMILES string of the molecule is COc1ccc2c(c1OC)N(S(=O)(=O)c1ccc(C)cc1)CCC2NCC(OC)OC. The van der Waals surface area contributed by atoms with Crippen molar-refractivity contribution in [3.8, 4) is 11.5 Å². The van der Waals surface area contributed by atoms with Crippen molar-refractivity contribution in [3.05, 3.63) is 47.5 Å². The average Bonchev–Trinajstić information content (AvgIpc) is 2.78. The molecule has 1 N–H and O–H groups in total. The third kappa shape index (κ3) is 4.64. The van der Waals surface area contributed by atoms with E-state index in [4.69, 9.17) is 18.9 Å². The fourth-order valence-corrected chi connectivity index (χ4v) is 5.28. The molecule has 0 amide bonds. The largest absolute Gasteiger partial charge is 0.493 e. The van der Waals surface area contributed by atoms with Crippen LogP contribution in [0.5, 0.6) is 11.5 Å². The molecule has 0 bridgehead atoms. The van der Waals surface area contributed by atoms with Crippen LogP contribution in [0.1, 0.15) is 23.6 Å². The monoisotopic (exact) mass is 450 g/mol. The van der Waals surface area contributed by atoms with Crippen molar-refractivity contribution < 1.29 is 27.4 Å². The van der Waals surface area contributed by atoms with Gasteiger partial charge in [-0.3, -0.25) is 4.31 Å². The van der Waals surface area contributed by atoms with Crippen molar-refractivity contribution in [2.45, 2.75) is 30.6 Å². The molecule has 8 nitrogen and oxygen atoms in total. The molecule has 0 saturated heterocycles. The Morgan fingerprint density at radius 2 is 1.71 bits per heavy atom. The first-order valence-corrected chi connectivity index (χ1v) is 11.4. The summed E-state index contributed by atoms with van der Waals surface area (Å²) < 4.78 is 50.1. The average molecular weight is 451 g/mol. The molecule has 0 radical (unpaired) electrons. The minimum Gasteiger partial charge on any atom is -0.493 e. The number of nitrogens with one attached hydrogen (secondary N) is 1. The Bertz CT molecular complexity index is 990. The zero-order chi connectivity index (χ0) is 22.6. The van der Waals surface area contributed by atoms with E-state index in [1.54, 1.807) is 44.6 Å². The topological polar surface area (TPSA) is 86.3 Å². The summed E-state index contributed by atoms with van der Waals surface area (Å²) in [6, 6.07) is 10.4. The highest BCUT2D eigenvalue weighted by atomic mass is 32.2. The lowest BCUT2D eigenvalue weighted by atomic mass is 9.96. The molecular weight excluding hydrogens is 420 g/mol. The molecule has 1 unspecified atom stereocenters. The Labute approximate surface area is 184 Å². The highest BCUT2D eigenvalue weighted by Crippen LogP contribution is 2.47. The van der Waals surface area contributed by atoms with Gasteiger partial charge in [0, 0.05) is 33.4 Å². The summed E-state index contributed by atoms with van der Waals surface area (Å²) >= 11 is 0. The minimum atomic E-state index is -3.79. The van der Waals surface area contributed by atoms with Crippen LogP contribution in [0, 0.1) is 6.92 Å². The number of ether oxygens (including phenoxy) is 4. The molecule has 1 heterocycles. The second-order valence-corrected chi connectivity index (χ2v) is 9.14. The van der Waals surface area contributed by atoms with Crippen molar-refractivity contribution >= 4 is 15.7 Å². The van der Waals surface area contributed by atoms with Gasteiger partial charge >= 0.3 is 0 Å². The van der Waals surface area contributed by atoms with Crippen molar-refractivity contribution in [1.29, 1.82) is 0 Å². The van der Waals surface area contributed by atoms with Gasteiger partial charge in [0.1, 0.15) is 5.69 Å². The van der Waals surface area contributed by atoms with Crippen LogP contribution < -0.4 is 19.1 Å². The van der Waals surface area contributed by atoms with Crippen LogP contribution in [0.25, 0.3) is 0 Å². The first kappa shape index (κ1) is 23.3. The maximum atomic E-state index is 13.6. The molecule has 0 saturated carbocycles. The van der Waals surface area contributed by atoms with Gasteiger partial charge in [0.05, 0.1) is 19.1 Å². The zero-order valence-corrected chi connectivity index (χ0v) is 19.4. The Morgan fingerprint density at radius 1 is 1.03 bits per heavy atom. The number of anilines is 1. The number of methoxy groups -OCH3 is 4. The summed E-state index contributed by atoms with van der Waals surface area (Å²) in [7, 11) is 2.41. The van der Waals surface area contributed by atoms with Gasteiger partial charge in [0.2, 0.25) is 0 Å². The van der Waals surface area contributed by atoms with Gasteiger partial charge in [0.25, 0.3) is 10.0 Å². The number of fused-ring (bicyclic) bond motifs is 1. The maximum Gasteiger partial charge on any atom is 0.264 e. The number of hydrogen-bond donors (Lipinski definition) is 1. The quantitative estimate of drug-likeness (QED) is 0.588. The van der Waals surface area contributed by atoms with E-state index in [1.807, 2.05) is 13.0 Å². The summed E-state index contributed by atoms with van der Waals surface area (Å²) in [5, 5.41) is 3.42. The molecule has 0 fully saturated rings. The van der Waals surface area contributed by atoms with Crippen LogP contribution in [0.2, 0.25) is 0 Å². The molecule has 2 aromatic carbocycles. The molecular formula is C22H30N2O6S. The number of hydrogen-bond acceptors (Lipinski definition) is 7. The summed E-state index contributed by atoms with van der Waals surface area (Å²) in [5.41, 5.74) is 2.29. The lowest BCUT2D eigenvalue weighted by Crippen LogP contribution is -2.41. The zero-order valence-electron chi connectivity index (χ0n) is 18.5. The van der Waals surface area contributed by atoms with Crippen molar-refractivity contribution in [2.24, 2.45) is 0 Å².